The summed E-state index contributed by atoms with van der Waals surface area (Å²) in [5.74, 6) is 4.17. The molecular formula is C24H37F2N7O. The highest BCUT2D eigenvalue weighted by molar-refractivity contribution is 5.78. The molecular weight excluding hydrogens is 440 g/mol. The molecule has 4 N–H and O–H groups in total. The summed E-state index contributed by atoms with van der Waals surface area (Å²) in [7, 11) is 3.55. The summed E-state index contributed by atoms with van der Waals surface area (Å²) in [4.78, 5) is 22.9. The van der Waals surface area contributed by atoms with Gasteiger partial charge in [0.05, 0.1) is 47.6 Å². The first kappa shape index (κ1) is 24.5. The normalized spacial score (nSPS) is 23.4. The van der Waals surface area contributed by atoms with Gasteiger partial charge in [-0.05, 0) is 37.3 Å². The molecule has 1 aliphatic carbocycles. The van der Waals surface area contributed by atoms with Gasteiger partial charge in [-0.2, -0.15) is 0 Å². The number of halogens is 2. The summed E-state index contributed by atoms with van der Waals surface area (Å²) < 4.78 is 28.0. The fraction of sp³-hybridized carbons (Fsp3) is 0.667. The van der Waals surface area contributed by atoms with Crippen LogP contribution in [-0.4, -0.2) is 78.1 Å². The van der Waals surface area contributed by atoms with E-state index in [1.807, 2.05) is 24.9 Å². The van der Waals surface area contributed by atoms with Gasteiger partial charge in [-0.25, -0.2) is 24.4 Å². The van der Waals surface area contributed by atoms with Gasteiger partial charge in [0.15, 0.2) is 0 Å². The number of amides is 2. The highest BCUT2D eigenvalue weighted by Crippen LogP contribution is 2.36. The van der Waals surface area contributed by atoms with E-state index in [1.54, 1.807) is 22.9 Å². The quantitative estimate of drug-likeness (QED) is 0.442. The molecule has 1 aromatic rings. The number of likely N-dealkylation sites (N-methyl/N-ethyl adjacent to an activating group) is 2. The standard InChI is InChI=1S/C24H37F2N7O/c1-4-18-20(32-11-5-10-24(25,26)15-32)9-8-19(29-18)22(27)21(31(3)28)14-33-13-17(12-16-6-7-16)30(2)23(33)34/h8-9,16-17H,4-7,10-15,27-28H2,1-3H3/b22-21-. The molecule has 188 valence electrons. The highest BCUT2D eigenvalue weighted by atomic mass is 19.3. The number of carbonyl (C=O) groups is 1. The van der Waals surface area contributed by atoms with Gasteiger partial charge >= 0.3 is 6.03 Å². The number of aryl methyl sites for hydroxylation is 1. The van der Waals surface area contributed by atoms with Crippen molar-refractivity contribution in [1.82, 2.24) is 19.8 Å². The van der Waals surface area contributed by atoms with Gasteiger partial charge in [0.1, 0.15) is 0 Å². The number of nitrogens with zero attached hydrogens (tertiary/aromatic N) is 5. The average Bonchev–Trinajstić information content (AvgIpc) is 3.58. The molecule has 3 heterocycles. The number of piperidine rings is 1. The van der Waals surface area contributed by atoms with Crippen molar-refractivity contribution in [2.24, 2.45) is 17.5 Å². The van der Waals surface area contributed by atoms with Gasteiger partial charge in [-0.1, -0.05) is 19.8 Å². The van der Waals surface area contributed by atoms with E-state index in [9.17, 15) is 13.6 Å². The number of hydrogen-bond donors (Lipinski definition) is 2. The smallest absolute Gasteiger partial charge is 0.320 e. The maximum Gasteiger partial charge on any atom is 0.320 e. The molecule has 1 saturated carbocycles. The molecule has 0 aromatic carbocycles. The Kier molecular flexibility index (Phi) is 6.89. The Morgan fingerprint density at radius 1 is 1.32 bits per heavy atom. The lowest BCUT2D eigenvalue weighted by Crippen LogP contribution is -2.43. The number of hydrazine groups is 1. The second-order valence-corrected chi connectivity index (χ2v) is 9.98. The maximum atomic E-state index is 14.0. The number of aromatic nitrogens is 1. The maximum absolute atomic E-state index is 14.0. The Hall–Kier alpha value is -2.62. The Morgan fingerprint density at radius 2 is 2.06 bits per heavy atom. The van der Waals surface area contributed by atoms with Crippen molar-refractivity contribution in [2.75, 3.05) is 45.2 Å². The number of hydrogen-bond acceptors (Lipinski definition) is 6. The van der Waals surface area contributed by atoms with Crippen LogP contribution in [0.4, 0.5) is 19.3 Å². The van der Waals surface area contributed by atoms with E-state index in [0.29, 0.717) is 43.0 Å². The van der Waals surface area contributed by atoms with Crippen LogP contribution in [0.25, 0.3) is 5.70 Å². The predicted molar refractivity (Wildman–Crippen MR) is 129 cm³/mol. The minimum atomic E-state index is -2.69. The monoisotopic (exact) mass is 477 g/mol. The first-order chi connectivity index (χ1) is 16.1. The molecule has 3 fully saturated rings. The third kappa shape index (κ3) is 5.21. The molecule has 1 aromatic heterocycles. The van der Waals surface area contributed by atoms with Crippen molar-refractivity contribution in [3.05, 3.63) is 29.2 Å². The third-order valence-electron chi connectivity index (χ3n) is 7.23. The molecule has 2 aliphatic heterocycles. The number of pyridine rings is 1. The van der Waals surface area contributed by atoms with Crippen molar-refractivity contribution in [1.29, 1.82) is 0 Å². The van der Waals surface area contributed by atoms with Crippen LogP contribution in [0.2, 0.25) is 0 Å². The van der Waals surface area contributed by atoms with Crippen LogP contribution in [0, 0.1) is 5.92 Å². The van der Waals surface area contributed by atoms with Crippen LogP contribution < -0.4 is 16.5 Å². The first-order valence-corrected chi connectivity index (χ1v) is 12.2. The van der Waals surface area contributed by atoms with Gasteiger partial charge in [0.2, 0.25) is 0 Å². The minimum Gasteiger partial charge on any atom is -0.395 e. The van der Waals surface area contributed by atoms with E-state index in [0.717, 1.165) is 23.7 Å². The summed E-state index contributed by atoms with van der Waals surface area (Å²) in [6.07, 6.45) is 4.48. The lowest BCUT2D eigenvalue weighted by molar-refractivity contribution is -0.0117. The number of rotatable bonds is 8. The number of anilines is 1. The van der Waals surface area contributed by atoms with E-state index < -0.39 is 5.92 Å². The number of alkyl halides is 2. The Balaban J connectivity index is 1.56. The van der Waals surface area contributed by atoms with E-state index in [4.69, 9.17) is 16.6 Å². The van der Waals surface area contributed by atoms with E-state index in [-0.39, 0.29) is 31.6 Å². The molecule has 2 saturated heterocycles. The van der Waals surface area contributed by atoms with Gasteiger partial charge in [-0.3, -0.25) is 0 Å². The largest absolute Gasteiger partial charge is 0.395 e. The summed E-state index contributed by atoms with van der Waals surface area (Å²) in [5.41, 5.74) is 9.49. The van der Waals surface area contributed by atoms with E-state index in [1.165, 1.54) is 17.9 Å². The van der Waals surface area contributed by atoms with E-state index >= 15 is 0 Å². The SMILES string of the molecule is CCc1nc(/C(N)=C(\CN2CC(CC3CC3)N(C)C2=O)N(C)N)ccc1N1CCCC(F)(F)C1. The van der Waals surface area contributed by atoms with Gasteiger partial charge in [0.25, 0.3) is 5.92 Å². The summed E-state index contributed by atoms with van der Waals surface area (Å²) in [6, 6.07) is 3.76. The topological polar surface area (TPSA) is 95.0 Å². The lowest BCUT2D eigenvalue weighted by Gasteiger charge is -2.35. The summed E-state index contributed by atoms with van der Waals surface area (Å²) in [5, 5.41) is 1.43. The van der Waals surface area contributed by atoms with Crippen molar-refractivity contribution in [3.8, 4) is 0 Å². The Labute approximate surface area is 200 Å². The number of carbonyl (C=O) groups excluding carboxylic acids is 1. The molecule has 8 nitrogen and oxygen atoms in total. The molecule has 34 heavy (non-hydrogen) atoms. The predicted octanol–water partition coefficient (Wildman–Crippen LogP) is 2.85. The van der Waals surface area contributed by atoms with Crippen molar-refractivity contribution >= 4 is 17.4 Å². The molecule has 10 heteroatoms. The minimum absolute atomic E-state index is 0.0265. The molecule has 0 spiro atoms. The fourth-order valence-electron chi connectivity index (χ4n) is 5.02. The second-order valence-electron chi connectivity index (χ2n) is 9.98. The molecule has 1 atom stereocenters. The van der Waals surface area contributed by atoms with Crippen LogP contribution in [0.3, 0.4) is 0 Å². The zero-order valence-electron chi connectivity index (χ0n) is 20.4. The van der Waals surface area contributed by atoms with Gasteiger partial charge in [0, 0.05) is 33.6 Å². The van der Waals surface area contributed by atoms with Crippen molar-refractivity contribution in [2.45, 2.75) is 57.4 Å². The molecule has 3 aliphatic rings. The highest BCUT2D eigenvalue weighted by Gasteiger charge is 2.39. The molecule has 0 radical (unpaired) electrons. The first-order valence-electron chi connectivity index (χ1n) is 12.2. The zero-order chi connectivity index (χ0) is 24.6. The Bertz CT molecular complexity index is 947. The van der Waals surface area contributed by atoms with Crippen LogP contribution in [0.5, 0.6) is 0 Å². The van der Waals surface area contributed by atoms with Gasteiger partial charge < -0.3 is 25.4 Å². The number of nitrogens with two attached hydrogens (primary N) is 2. The number of urea groups is 1. The van der Waals surface area contributed by atoms with Crippen LogP contribution in [0.15, 0.2) is 17.8 Å². The Morgan fingerprint density at radius 3 is 2.68 bits per heavy atom. The average molecular weight is 478 g/mol. The fourth-order valence-corrected chi connectivity index (χ4v) is 5.02. The second kappa shape index (κ2) is 9.56. The van der Waals surface area contributed by atoms with Crippen LogP contribution in [0.1, 0.15) is 50.4 Å². The van der Waals surface area contributed by atoms with Crippen LogP contribution >= 0.6 is 0 Å². The molecule has 0 bridgehead atoms. The zero-order valence-corrected chi connectivity index (χ0v) is 20.4. The van der Waals surface area contributed by atoms with Crippen molar-refractivity contribution in [3.63, 3.8) is 0 Å². The van der Waals surface area contributed by atoms with E-state index in [2.05, 4.69) is 0 Å². The third-order valence-corrected chi connectivity index (χ3v) is 7.23. The van der Waals surface area contributed by atoms with Crippen molar-refractivity contribution < 1.29 is 13.6 Å². The van der Waals surface area contributed by atoms with Crippen LogP contribution in [-0.2, 0) is 6.42 Å². The molecule has 4 rings (SSSR count). The molecule has 1 unspecified atom stereocenters. The lowest BCUT2D eigenvalue weighted by atomic mass is 10.1. The summed E-state index contributed by atoms with van der Waals surface area (Å²) >= 11 is 0. The molecule has 2 amide bonds. The van der Waals surface area contributed by atoms with Gasteiger partial charge in [-0.15, -0.1) is 0 Å². The summed E-state index contributed by atoms with van der Waals surface area (Å²) in [6.45, 7) is 3.17.